The Balaban J connectivity index is 2.46. The minimum absolute atomic E-state index is 0.0322. The van der Waals surface area contributed by atoms with E-state index in [4.69, 9.17) is 10.5 Å². The summed E-state index contributed by atoms with van der Waals surface area (Å²) in [7, 11) is 1.33. The molecule has 0 aliphatic heterocycles. The fourth-order valence-corrected chi connectivity index (χ4v) is 1.86. The first-order valence-corrected chi connectivity index (χ1v) is 5.57. The maximum atomic E-state index is 14.0. The number of hydrogen-bond acceptors (Lipinski definition) is 2. The maximum absolute atomic E-state index is 14.0. The van der Waals surface area contributed by atoms with E-state index in [1.165, 1.54) is 19.2 Å². The average molecular weight is 267 g/mol. The predicted molar refractivity (Wildman–Crippen MR) is 65.3 cm³/mol. The van der Waals surface area contributed by atoms with Crippen molar-refractivity contribution in [3.8, 4) is 5.75 Å². The number of benzene rings is 2. The van der Waals surface area contributed by atoms with Crippen LogP contribution in [0.4, 0.5) is 13.2 Å². The minimum Gasteiger partial charge on any atom is -0.494 e. The topological polar surface area (TPSA) is 35.2 Å². The Kier molecular flexibility index (Phi) is 3.76. The van der Waals surface area contributed by atoms with Gasteiger partial charge in [-0.15, -0.1) is 0 Å². The van der Waals surface area contributed by atoms with Crippen molar-refractivity contribution in [2.75, 3.05) is 7.11 Å². The summed E-state index contributed by atoms with van der Waals surface area (Å²) >= 11 is 0. The van der Waals surface area contributed by atoms with Gasteiger partial charge in [-0.05, 0) is 23.8 Å². The van der Waals surface area contributed by atoms with Crippen molar-refractivity contribution in [3.63, 3.8) is 0 Å². The van der Waals surface area contributed by atoms with Gasteiger partial charge in [-0.2, -0.15) is 0 Å². The van der Waals surface area contributed by atoms with E-state index >= 15 is 0 Å². The largest absolute Gasteiger partial charge is 0.494 e. The summed E-state index contributed by atoms with van der Waals surface area (Å²) < 4.78 is 45.1. The van der Waals surface area contributed by atoms with E-state index in [0.717, 1.165) is 18.2 Å². The van der Waals surface area contributed by atoms with Crippen LogP contribution in [0.5, 0.6) is 5.75 Å². The molecule has 2 nitrogen and oxygen atoms in total. The molecule has 2 aromatic rings. The molecular weight excluding hydrogens is 255 g/mol. The van der Waals surface area contributed by atoms with E-state index in [2.05, 4.69) is 0 Å². The van der Waals surface area contributed by atoms with Crippen molar-refractivity contribution in [1.82, 2.24) is 0 Å². The molecule has 0 spiro atoms. The van der Waals surface area contributed by atoms with Crippen LogP contribution < -0.4 is 10.5 Å². The second-order valence-electron chi connectivity index (χ2n) is 4.04. The lowest BCUT2D eigenvalue weighted by Crippen LogP contribution is -2.14. The minimum atomic E-state index is -0.972. The lowest BCUT2D eigenvalue weighted by atomic mass is 9.98. The van der Waals surface area contributed by atoms with Gasteiger partial charge in [-0.1, -0.05) is 12.1 Å². The molecule has 1 atom stereocenters. The van der Waals surface area contributed by atoms with Crippen LogP contribution in [-0.2, 0) is 0 Å². The molecule has 0 radical (unpaired) electrons. The summed E-state index contributed by atoms with van der Waals surface area (Å²) in [4.78, 5) is 0. The SMILES string of the molecule is COc1cccc(C(N)c2cc(F)cc(F)c2)c1F. The van der Waals surface area contributed by atoms with Gasteiger partial charge in [0.1, 0.15) is 11.6 Å². The third-order valence-corrected chi connectivity index (χ3v) is 2.79. The van der Waals surface area contributed by atoms with Crippen molar-refractivity contribution >= 4 is 0 Å². The number of rotatable bonds is 3. The predicted octanol–water partition coefficient (Wildman–Crippen LogP) is 3.16. The fourth-order valence-electron chi connectivity index (χ4n) is 1.86. The highest BCUT2D eigenvalue weighted by molar-refractivity contribution is 5.38. The van der Waals surface area contributed by atoms with Crippen LogP contribution in [0, 0.1) is 17.5 Å². The maximum Gasteiger partial charge on any atom is 0.170 e. The molecule has 0 saturated carbocycles. The number of methoxy groups -OCH3 is 1. The monoisotopic (exact) mass is 267 g/mol. The highest BCUT2D eigenvalue weighted by Gasteiger charge is 2.17. The van der Waals surface area contributed by atoms with Gasteiger partial charge in [0.05, 0.1) is 13.2 Å². The number of nitrogens with two attached hydrogens (primary N) is 1. The number of halogens is 3. The molecule has 100 valence electrons. The molecule has 19 heavy (non-hydrogen) atoms. The van der Waals surface area contributed by atoms with Gasteiger partial charge in [-0.25, -0.2) is 13.2 Å². The van der Waals surface area contributed by atoms with Gasteiger partial charge in [0.2, 0.25) is 0 Å². The zero-order chi connectivity index (χ0) is 14.0. The lowest BCUT2D eigenvalue weighted by molar-refractivity contribution is 0.383. The fraction of sp³-hybridized carbons (Fsp3) is 0.143. The Morgan fingerprint density at radius 1 is 1.05 bits per heavy atom. The van der Waals surface area contributed by atoms with Crippen molar-refractivity contribution in [3.05, 3.63) is 65.0 Å². The standard InChI is InChI=1S/C14H12F3NO/c1-19-12-4-2-3-11(13(12)17)14(18)8-5-9(15)7-10(16)6-8/h2-7,14H,18H2,1H3. The Bertz CT molecular complexity index is 581. The molecule has 0 fully saturated rings. The summed E-state index contributed by atoms with van der Waals surface area (Å²) in [6, 6.07) is 6.37. The smallest absolute Gasteiger partial charge is 0.170 e. The Hall–Kier alpha value is -2.01. The molecular formula is C14H12F3NO. The average Bonchev–Trinajstić information content (AvgIpc) is 2.37. The van der Waals surface area contributed by atoms with E-state index in [1.807, 2.05) is 0 Å². The molecule has 0 heterocycles. The van der Waals surface area contributed by atoms with E-state index in [-0.39, 0.29) is 16.9 Å². The molecule has 2 rings (SSSR count). The first-order valence-electron chi connectivity index (χ1n) is 5.57. The van der Waals surface area contributed by atoms with Gasteiger partial charge in [-0.3, -0.25) is 0 Å². The van der Waals surface area contributed by atoms with E-state index in [0.29, 0.717) is 0 Å². The summed E-state index contributed by atoms with van der Waals surface area (Å²) in [6.45, 7) is 0. The second kappa shape index (κ2) is 5.32. The normalized spacial score (nSPS) is 12.3. The third kappa shape index (κ3) is 2.71. The summed E-state index contributed by atoms with van der Waals surface area (Å²) in [6.07, 6.45) is 0. The van der Waals surface area contributed by atoms with Crippen LogP contribution >= 0.6 is 0 Å². The van der Waals surface area contributed by atoms with Crippen molar-refractivity contribution in [2.24, 2.45) is 5.73 Å². The van der Waals surface area contributed by atoms with Gasteiger partial charge >= 0.3 is 0 Å². The summed E-state index contributed by atoms with van der Waals surface area (Å²) in [5.74, 6) is -2.12. The van der Waals surface area contributed by atoms with Gasteiger partial charge in [0, 0.05) is 11.6 Å². The highest BCUT2D eigenvalue weighted by Crippen LogP contribution is 2.28. The Labute approximate surface area is 108 Å². The lowest BCUT2D eigenvalue weighted by Gasteiger charge is -2.15. The van der Waals surface area contributed by atoms with Crippen LogP contribution in [0.2, 0.25) is 0 Å². The molecule has 0 amide bonds. The van der Waals surface area contributed by atoms with Crippen LogP contribution in [0.3, 0.4) is 0 Å². The molecule has 0 bridgehead atoms. The van der Waals surface area contributed by atoms with Crippen molar-refractivity contribution in [1.29, 1.82) is 0 Å². The first-order chi connectivity index (χ1) is 9.02. The van der Waals surface area contributed by atoms with Gasteiger partial charge in [0.15, 0.2) is 11.6 Å². The molecule has 5 heteroatoms. The summed E-state index contributed by atoms with van der Waals surface area (Å²) in [5, 5.41) is 0. The van der Waals surface area contributed by atoms with Gasteiger partial charge < -0.3 is 10.5 Å². The highest BCUT2D eigenvalue weighted by atomic mass is 19.1. The van der Waals surface area contributed by atoms with E-state index in [9.17, 15) is 13.2 Å². The van der Waals surface area contributed by atoms with Crippen LogP contribution in [-0.4, -0.2) is 7.11 Å². The number of ether oxygens (including phenoxy) is 1. The molecule has 0 aliphatic rings. The Morgan fingerprint density at radius 2 is 1.68 bits per heavy atom. The molecule has 0 saturated heterocycles. The molecule has 1 unspecified atom stereocenters. The zero-order valence-corrected chi connectivity index (χ0v) is 10.2. The van der Waals surface area contributed by atoms with E-state index < -0.39 is 23.5 Å². The summed E-state index contributed by atoms with van der Waals surface area (Å²) in [5.41, 5.74) is 6.12. The third-order valence-electron chi connectivity index (χ3n) is 2.79. The Morgan fingerprint density at radius 3 is 2.26 bits per heavy atom. The quantitative estimate of drug-likeness (QED) is 0.927. The molecule has 2 aromatic carbocycles. The van der Waals surface area contributed by atoms with Crippen molar-refractivity contribution < 1.29 is 17.9 Å². The van der Waals surface area contributed by atoms with Crippen molar-refractivity contribution in [2.45, 2.75) is 6.04 Å². The van der Waals surface area contributed by atoms with Crippen LogP contribution in [0.1, 0.15) is 17.2 Å². The molecule has 0 aliphatic carbocycles. The van der Waals surface area contributed by atoms with E-state index in [1.54, 1.807) is 6.07 Å². The molecule has 0 aromatic heterocycles. The van der Waals surface area contributed by atoms with Crippen LogP contribution in [0.15, 0.2) is 36.4 Å². The molecule has 2 N–H and O–H groups in total. The second-order valence-corrected chi connectivity index (χ2v) is 4.04. The number of hydrogen-bond donors (Lipinski definition) is 1. The van der Waals surface area contributed by atoms with Gasteiger partial charge in [0.25, 0.3) is 0 Å². The van der Waals surface area contributed by atoms with Crippen LogP contribution in [0.25, 0.3) is 0 Å². The zero-order valence-electron chi connectivity index (χ0n) is 10.2. The first kappa shape index (κ1) is 13.4.